The van der Waals surface area contributed by atoms with E-state index < -0.39 is 0 Å². The molecule has 0 saturated heterocycles. The van der Waals surface area contributed by atoms with Crippen molar-refractivity contribution < 1.29 is 14.3 Å². The lowest BCUT2D eigenvalue weighted by Crippen LogP contribution is -2.31. The molecule has 5 heteroatoms. The number of benzene rings is 3. The minimum absolute atomic E-state index is 0.237. The number of nitrogens with zero attached hydrogens (tertiary/aromatic N) is 2. The number of carbonyl (C=O) groups excluding carboxylic acids is 1. The average molecular weight is 429 g/mol. The first-order valence-corrected chi connectivity index (χ1v) is 10.6. The number of ether oxygens (including phenoxy) is 2. The first kappa shape index (κ1) is 22.9. The van der Waals surface area contributed by atoms with Gasteiger partial charge in [-0.15, -0.1) is 0 Å². The normalized spacial score (nSPS) is 10.3. The number of hydrogen-bond acceptors (Lipinski definition) is 4. The number of amides is 1. The molecule has 5 nitrogen and oxygen atoms in total. The van der Waals surface area contributed by atoms with Crippen molar-refractivity contribution in [2.75, 3.05) is 13.7 Å². The summed E-state index contributed by atoms with van der Waals surface area (Å²) in [5, 5.41) is 9.10. The largest absolute Gasteiger partial charge is 0.496 e. The van der Waals surface area contributed by atoms with Crippen LogP contribution in [0.1, 0.15) is 29.2 Å². The number of nitriles is 1. The third-order valence-corrected chi connectivity index (χ3v) is 5.30. The molecule has 3 aromatic rings. The van der Waals surface area contributed by atoms with Crippen LogP contribution in [-0.4, -0.2) is 24.6 Å². The molecule has 0 aliphatic rings. The van der Waals surface area contributed by atoms with E-state index in [-0.39, 0.29) is 12.7 Å². The molecule has 0 radical (unpaired) electrons. The second-order valence-corrected chi connectivity index (χ2v) is 7.58. The van der Waals surface area contributed by atoms with Crippen molar-refractivity contribution in [2.24, 2.45) is 0 Å². The molecular weight excluding hydrogens is 400 g/mol. The molecule has 0 aliphatic heterocycles. The van der Waals surface area contributed by atoms with Crippen LogP contribution < -0.4 is 4.74 Å². The smallest absolute Gasteiger partial charge is 0.410 e. The van der Waals surface area contributed by atoms with Crippen LogP contribution in [0, 0.1) is 18.3 Å². The van der Waals surface area contributed by atoms with Crippen molar-refractivity contribution in [3.8, 4) is 22.9 Å². The van der Waals surface area contributed by atoms with E-state index in [9.17, 15) is 4.79 Å². The Morgan fingerprint density at radius 2 is 1.78 bits per heavy atom. The van der Waals surface area contributed by atoms with Gasteiger partial charge < -0.3 is 14.4 Å². The predicted molar refractivity (Wildman–Crippen MR) is 125 cm³/mol. The fraction of sp³-hybridized carbons (Fsp3) is 0.259. The molecule has 0 aromatic heterocycles. The topological polar surface area (TPSA) is 62.6 Å². The van der Waals surface area contributed by atoms with Gasteiger partial charge in [-0.25, -0.2) is 4.79 Å². The van der Waals surface area contributed by atoms with Gasteiger partial charge >= 0.3 is 6.09 Å². The predicted octanol–water partition coefficient (Wildman–Crippen LogP) is 5.90. The van der Waals surface area contributed by atoms with Crippen LogP contribution in [-0.2, 0) is 24.3 Å². The molecule has 32 heavy (non-hydrogen) atoms. The van der Waals surface area contributed by atoms with Crippen LogP contribution in [0.15, 0.2) is 66.7 Å². The van der Waals surface area contributed by atoms with Crippen molar-refractivity contribution >= 4 is 6.09 Å². The summed E-state index contributed by atoms with van der Waals surface area (Å²) in [5.41, 5.74) is 5.85. The van der Waals surface area contributed by atoms with Crippen LogP contribution in [0.3, 0.4) is 0 Å². The SMILES string of the molecule is CCN(Cc1cc(C)ccc1-c1cc(CC#N)ccc1OC)C(=O)OCc1ccccc1. The second-order valence-electron chi connectivity index (χ2n) is 7.58. The van der Waals surface area contributed by atoms with Crippen LogP contribution in [0.4, 0.5) is 4.79 Å². The molecular formula is C27H28N2O3. The maximum absolute atomic E-state index is 12.8. The third kappa shape index (κ3) is 5.67. The molecule has 0 atom stereocenters. The van der Waals surface area contributed by atoms with Crippen LogP contribution in [0.2, 0.25) is 0 Å². The van der Waals surface area contributed by atoms with Crippen molar-refractivity contribution in [2.45, 2.75) is 33.4 Å². The zero-order chi connectivity index (χ0) is 22.9. The molecule has 0 heterocycles. The molecule has 3 aromatic carbocycles. The highest BCUT2D eigenvalue weighted by Crippen LogP contribution is 2.34. The summed E-state index contributed by atoms with van der Waals surface area (Å²) in [6.45, 7) is 5.13. The highest BCUT2D eigenvalue weighted by molar-refractivity contribution is 5.75. The van der Waals surface area contributed by atoms with E-state index in [4.69, 9.17) is 14.7 Å². The Bertz CT molecular complexity index is 1100. The minimum Gasteiger partial charge on any atom is -0.496 e. The molecule has 0 fully saturated rings. The van der Waals surface area contributed by atoms with Gasteiger partial charge in [-0.1, -0.05) is 60.2 Å². The summed E-state index contributed by atoms with van der Waals surface area (Å²) in [6.07, 6.45) is -0.0283. The molecule has 164 valence electrons. The van der Waals surface area contributed by atoms with Crippen molar-refractivity contribution in [1.82, 2.24) is 4.90 Å². The van der Waals surface area contributed by atoms with Crippen LogP contribution in [0.25, 0.3) is 11.1 Å². The molecule has 0 bridgehead atoms. The zero-order valence-electron chi connectivity index (χ0n) is 18.8. The Hall–Kier alpha value is -3.78. The lowest BCUT2D eigenvalue weighted by molar-refractivity contribution is 0.0957. The van der Waals surface area contributed by atoms with Crippen molar-refractivity contribution in [3.63, 3.8) is 0 Å². The first-order chi connectivity index (χ1) is 15.5. The van der Waals surface area contributed by atoms with Gasteiger partial charge in [-0.05, 0) is 48.2 Å². The Labute approximate surface area is 189 Å². The number of aryl methyl sites for hydroxylation is 1. The van der Waals surface area contributed by atoms with Gasteiger partial charge in [0.2, 0.25) is 0 Å². The monoisotopic (exact) mass is 428 g/mol. The maximum Gasteiger partial charge on any atom is 0.410 e. The Morgan fingerprint density at radius 1 is 1.00 bits per heavy atom. The number of rotatable bonds is 8. The molecule has 0 aliphatic carbocycles. The van der Waals surface area contributed by atoms with Gasteiger partial charge in [0.05, 0.1) is 19.6 Å². The first-order valence-electron chi connectivity index (χ1n) is 10.6. The summed E-state index contributed by atoms with van der Waals surface area (Å²) < 4.78 is 11.1. The number of methoxy groups -OCH3 is 1. The summed E-state index contributed by atoms with van der Waals surface area (Å²) >= 11 is 0. The summed E-state index contributed by atoms with van der Waals surface area (Å²) in [7, 11) is 1.63. The van der Waals surface area contributed by atoms with Gasteiger partial charge in [0.1, 0.15) is 12.4 Å². The van der Waals surface area contributed by atoms with E-state index >= 15 is 0 Å². The average Bonchev–Trinajstić information content (AvgIpc) is 2.82. The zero-order valence-corrected chi connectivity index (χ0v) is 18.8. The summed E-state index contributed by atoms with van der Waals surface area (Å²) in [5.74, 6) is 0.728. The molecule has 0 N–H and O–H groups in total. The molecule has 3 rings (SSSR count). The second kappa shape index (κ2) is 11.0. The Balaban J connectivity index is 1.88. The Kier molecular flexibility index (Phi) is 7.88. The molecule has 0 saturated carbocycles. The van der Waals surface area contributed by atoms with Crippen molar-refractivity contribution in [1.29, 1.82) is 5.26 Å². The van der Waals surface area contributed by atoms with E-state index in [0.717, 1.165) is 39.1 Å². The van der Waals surface area contributed by atoms with Gasteiger partial charge in [0, 0.05) is 18.7 Å². The van der Waals surface area contributed by atoms with Crippen LogP contribution in [0.5, 0.6) is 5.75 Å². The van der Waals surface area contributed by atoms with E-state index in [1.807, 2.05) is 74.5 Å². The van der Waals surface area contributed by atoms with Crippen LogP contribution >= 0.6 is 0 Å². The van der Waals surface area contributed by atoms with Gasteiger partial charge in [-0.2, -0.15) is 5.26 Å². The van der Waals surface area contributed by atoms with Gasteiger partial charge in [-0.3, -0.25) is 0 Å². The third-order valence-electron chi connectivity index (χ3n) is 5.30. The van der Waals surface area contributed by atoms with E-state index in [1.54, 1.807) is 12.0 Å². The maximum atomic E-state index is 12.8. The molecule has 1 amide bonds. The molecule has 0 spiro atoms. The lowest BCUT2D eigenvalue weighted by Gasteiger charge is -2.23. The highest BCUT2D eigenvalue weighted by Gasteiger charge is 2.18. The van der Waals surface area contributed by atoms with Gasteiger partial charge in [0.25, 0.3) is 0 Å². The number of hydrogen-bond donors (Lipinski definition) is 0. The van der Waals surface area contributed by atoms with Crippen molar-refractivity contribution in [3.05, 3.63) is 89.0 Å². The minimum atomic E-state index is -0.353. The summed E-state index contributed by atoms with van der Waals surface area (Å²) in [6, 6.07) is 23.8. The number of carbonyl (C=O) groups is 1. The highest BCUT2D eigenvalue weighted by atomic mass is 16.6. The lowest BCUT2D eigenvalue weighted by atomic mass is 9.94. The van der Waals surface area contributed by atoms with E-state index in [1.165, 1.54) is 0 Å². The summed E-state index contributed by atoms with van der Waals surface area (Å²) in [4.78, 5) is 14.5. The van der Waals surface area contributed by atoms with E-state index in [0.29, 0.717) is 19.5 Å². The fourth-order valence-corrected chi connectivity index (χ4v) is 3.60. The molecule has 0 unspecified atom stereocenters. The van der Waals surface area contributed by atoms with Gasteiger partial charge in [0.15, 0.2) is 0 Å². The Morgan fingerprint density at radius 3 is 2.47 bits per heavy atom. The fourth-order valence-electron chi connectivity index (χ4n) is 3.60. The van der Waals surface area contributed by atoms with E-state index in [2.05, 4.69) is 12.1 Å². The standard InChI is InChI=1S/C27H28N2O3/c1-4-29(27(30)32-19-22-8-6-5-7-9-22)18-23-16-20(2)10-12-24(23)25-17-21(14-15-28)11-13-26(25)31-3/h5-13,16-17H,4,14,18-19H2,1-3H3. The quantitative estimate of drug-likeness (QED) is 0.448.